The van der Waals surface area contributed by atoms with Crippen molar-refractivity contribution in [2.75, 3.05) is 18.0 Å². The number of carbonyl (C=O) groups is 1. The molecule has 0 atom stereocenters. The van der Waals surface area contributed by atoms with E-state index >= 15 is 0 Å². The Morgan fingerprint density at radius 1 is 1.22 bits per heavy atom. The Balaban J connectivity index is 1.89. The number of nitrogens with zero attached hydrogens (tertiary/aromatic N) is 1. The molecule has 0 spiro atoms. The molecule has 2 aromatic rings. The zero-order valence-corrected chi connectivity index (χ0v) is 16.3. The predicted molar refractivity (Wildman–Crippen MR) is 106 cm³/mol. The van der Waals surface area contributed by atoms with Gasteiger partial charge in [0, 0.05) is 17.8 Å². The molecule has 0 bridgehead atoms. The summed E-state index contributed by atoms with van der Waals surface area (Å²) in [7, 11) is -3.67. The zero-order valence-electron chi connectivity index (χ0n) is 15.5. The Morgan fingerprint density at radius 3 is 2.59 bits per heavy atom. The third-order valence-electron chi connectivity index (χ3n) is 4.71. The molecule has 0 aliphatic carbocycles. The second kappa shape index (κ2) is 7.55. The summed E-state index contributed by atoms with van der Waals surface area (Å²) in [6.07, 6.45) is 6.96. The molecule has 0 radical (unpaired) electrons. The first-order valence-electron chi connectivity index (χ1n) is 8.78. The lowest BCUT2D eigenvalue weighted by atomic mass is 9.94. The molecule has 0 unspecified atom stereocenters. The molecular weight excluding hydrogens is 360 g/mol. The van der Waals surface area contributed by atoms with Gasteiger partial charge in [-0.25, -0.2) is 8.42 Å². The molecule has 27 heavy (non-hydrogen) atoms. The van der Waals surface area contributed by atoms with Crippen molar-refractivity contribution in [3.8, 4) is 12.3 Å². The van der Waals surface area contributed by atoms with Gasteiger partial charge in [0.15, 0.2) is 0 Å². The van der Waals surface area contributed by atoms with Gasteiger partial charge in [-0.1, -0.05) is 12.0 Å². The number of sulfonamides is 1. The largest absolute Gasteiger partial charge is 0.308 e. The van der Waals surface area contributed by atoms with E-state index in [1.165, 1.54) is 23.3 Å². The normalized spacial score (nSPS) is 13.7. The molecule has 1 heterocycles. The maximum absolute atomic E-state index is 13.1. The van der Waals surface area contributed by atoms with E-state index in [1.54, 1.807) is 17.0 Å². The van der Waals surface area contributed by atoms with Crippen molar-refractivity contribution in [3.63, 3.8) is 0 Å². The Kier molecular flexibility index (Phi) is 5.36. The first-order chi connectivity index (χ1) is 12.8. The first kappa shape index (κ1) is 19.2. The van der Waals surface area contributed by atoms with E-state index in [9.17, 15) is 13.2 Å². The number of fused-ring (bicyclic) bond motifs is 1. The summed E-state index contributed by atoms with van der Waals surface area (Å²) >= 11 is 0. The summed E-state index contributed by atoms with van der Waals surface area (Å²) in [4.78, 5) is 14.9. The van der Waals surface area contributed by atoms with Crippen LogP contribution >= 0.6 is 0 Å². The Labute approximate surface area is 160 Å². The van der Waals surface area contributed by atoms with Gasteiger partial charge < -0.3 is 4.90 Å². The molecule has 1 amide bonds. The van der Waals surface area contributed by atoms with Crippen molar-refractivity contribution >= 4 is 21.6 Å². The molecular formula is C21H22N2O3S. The quantitative estimate of drug-likeness (QED) is 0.827. The van der Waals surface area contributed by atoms with E-state index in [1.807, 2.05) is 13.0 Å². The van der Waals surface area contributed by atoms with Crippen LogP contribution in [0.15, 0.2) is 41.3 Å². The van der Waals surface area contributed by atoms with Crippen molar-refractivity contribution in [2.24, 2.45) is 0 Å². The number of nitrogens with one attached hydrogen (secondary N) is 1. The maximum Gasteiger partial charge on any atom is 0.258 e. The molecule has 0 fully saturated rings. The standard InChI is InChI=1S/C21H22N2O3S/c1-4-11-22-27(25,26)18-9-7-17(8-10-18)21(24)23-12-5-6-19-16(3)13-15(2)14-20(19)23/h1,7-10,13-14,22H,5-6,11-12H2,2-3H3. The van der Waals surface area contributed by atoms with Crippen LogP contribution in [0.4, 0.5) is 5.69 Å². The highest BCUT2D eigenvalue weighted by Gasteiger charge is 2.25. The zero-order chi connectivity index (χ0) is 19.6. The molecule has 1 aliphatic heterocycles. The van der Waals surface area contributed by atoms with Crippen LogP contribution in [-0.4, -0.2) is 27.4 Å². The van der Waals surface area contributed by atoms with E-state index in [0.717, 1.165) is 24.1 Å². The molecule has 0 aromatic heterocycles. The van der Waals surface area contributed by atoms with Gasteiger partial charge in [0.1, 0.15) is 0 Å². The lowest BCUT2D eigenvalue weighted by molar-refractivity contribution is 0.0985. The number of anilines is 1. The lowest BCUT2D eigenvalue weighted by Crippen LogP contribution is -2.36. The summed E-state index contributed by atoms with van der Waals surface area (Å²) in [5.41, 5.74) is 4.93. The minimum atomic E-state index is -3.67. The highest BCUT2D eigenvalue weighted by atomic mass is 32.2. The molecule has 3 rings (SSSR count). The molecule has 6 heteroatoms. The summed E-state index contributed by atoms with van der Waals surface area (Å²) < 4.78 is 26.5. The second-order valence-corrected chi connectivity index (χ2v) is 8.46. The topological polar surface area (TPSA) is 66.5 Å². The Bertz CT molecular complexity index is 1020. The fourth-order valence-electron chi connectivity index (χ4n) is 3.44. The van der Waals surface area contributed by atoms with Crippen LogP contribution in [0.25, 0.3) is 0 Å². The van der Waals surface area contributed by atoms with E-state index < -0.39 is 10.0 Å². The number of amides is 1. The number of benzene rings is 2. The maximum atomic E-state index is 13.1. The van der Waals surface area contributed by atoms with E-state index in [-0.39, 0.29) is 17.3 Å². The number of aryl methyl sites for hydroxylation is 2. The summed E-state index contributed by atoms with van der Waals surface area (Å²) in [5.74, 6) is 2.11. The number of hydrogen-bond acceptors (Lipinski definition) is 3. The van der Waals surface area contributed by atoms with Crippen molar-refractivity contribution in [2.45, 2.75) is 31.6 Å². The van der Waals surface area contributed by atoms with Gasteiger partial charge in [-0.15, -0.1) is 6.42 Å². The molecule has 1 aliphatic rings. The van der Waals surface area contributed by atoms with Crippen molar-refractivity contribution in [1.82, 2.24) is 4.72 Å². The molecule has 0 saturated carbocycles. The van der Waals surface area contributed by atoms with Gasteiger partial charge >= 0.3 is 0 Å². The lowest BCUT2D eigenvalue weighted by Gasteiger charge is -2.31. The van der Waals surface area contributed by atoms with Crippen LogP contribution in [0.1, 0.15) is 33.5 Å². The number of hydrogen-bond donors (Lipinski definition) is 1. The fourth-order valence-corrected chi connectivity index (χ4v) is 4.37. The van der Waals surface area contributed by atoms with Gasteiger partial charge in [-0.3, -0.25) is 4.79 Å². The van der Waals surface area contributed by atoms with Crippen LogP contribution < -0.4 is 9.62 Å². The van der Waals surface area contributed by atoms with Crippen LogP contribution in [0.2, 0.25) is 0 Å². The highest BCUT2D eigenvalue weighted by molar-refractivity contribution is 7.89. The van der Waals surface area contributed by atoms with Crippen molar-refractivity contribution < 1.29 is 13.2 Å². The summed E-state index contributed by atoms with van der Waals surface area (Å²) in [6, 6.07) is 10.1. The van der Waals surface area contributed by atoms with E-state index in [4.69, 9.17) is 6.42 Å². The van der Waals surface area contributed by atoms with Crippen LogP contribution in [0.3, 0.4) is 0 Å². The number of carbonyl (C=O) groups excluding carboxylic acids is 1. The fraction of sp³-hybridized carbons (Fsp3) is 0.286. The first-order valence-corrected chi connectivity index (χ1v) is 10.3. The van der Waals surface area contributed by atoms with Gasteiger partial charge in [0.25, 0.3) is 5.91 Å². The third-order valence-corrected chi connectivity index (χ3v) is 6.13. The minimum absolute atomic E-state index is 0.0771. The van der Waals surface area contributed by atoms with Gasteiger partial charge in [0.05, 0.1) is 11.4 Å². The monoisotopic (exact) mass is 382 g/mol. The molecule has 140 valence electrons. The number of rotatable bonds is 4. The van der Waals surface area contributed by atoms with E-state index in [0.29, 0.717) is 12.1 Å². The summed E-state index contributed by atoms with van der Waals surface area (Å²) in [5, 5.41) is 0. The molecule has 2 aromatic carbocycles. The highest BCUT2D eigenvalue weighted by Crippen LogP contribution is 2.32. The van der Waals surface area contributed by atoms with Crippen molar-refractivity contribution in [3.05, 3.63) is 58.7 Å². The second-order valence-electron chi connectivity index (χ2n) is 6.69. The summed E-state index contributed by atoms with van der Waals surface area (Å²) in [6.45, 7) is 4.67. The van der Waals surface area contributed by atoms with E-state index in [2.05, 4.69) is 23.6 Å². The Morgan fingerprint density at radius 2 is 1.93 bits per heavy atom. The minimum Gasteiger partial charge on any atom is -0.308 e. The van der Waals surface area contributed by atoms with Gasteiger partial charge in [-0.2, -0.15) is 4.72 Å². The van der Waals surface area contributed by atoms with Crippen molar-refractivity contribution in [1.29, 1.82) is 0 Å². The predicted octanol–water partition coefficient (Wildman–Crippen LogP) is 2.81. The smallest absolute Gasteiger partial charge is 0.258 e. The van der Waals surface area contributed by atoms with Crippen LogP contribution in [0, 0.1) is 26.2 Å². The molecule has 5 nitrogen and oxygen atoms in total. The third kappa shape index (κ3) is 3.90. The van der Waals surface area contributed by atoms with Crippen LogP contribution in [-0.2, 0) is 16.4 Å². The average Bonchev–Trinajstić information content (AvgIpc) is 2.65. The van der Waals surface area contributed by atoms with Gasteiger partial charge in [0.2, 0.25) is 10.0 Å². The van der Waals surface area contributed by atoms with Crippen LogP contribution in [0.5, 0.6) is 0 Å². The number of terminal acetylenes is 1. The van der Waals surface area contributed by atoms with Gasteiger partial charge in [-0.05, 0) is 73.7 Å². The molecule has 0 saturated heterocycles. The molecule has 1 N–H and O–H groups in total. The Hall–Kier alpha value is -2.62. The SMILES string of the molecule is C#CCNS(=O)(=O)c1ccc(C(=O)N2CCCc3c(C)cc(C)cc32)cc1. The average molecular weight is 382 g/mol.